The van der Waals surface area contributed by atoms with Gasteiger partial charge in [-0.2, -0.15) is 5.10 Å². The van der Waals surface area contributed by atoms with E-state index < -0.39 is 0 Å². The molecule has 1 amide bonds. The number of nitrogens with one attached hydrogen (secondary N) is 1. The lowest BCUT2D eigenvalue weighted by molar-refractivity contribution is 0.0955. The van der Waals surface area contributed by atoms with Crippen molar-refractivity contribution in [1.82, 2.24) is 10.4 Å². The molecule has 0 radical (unpaired) electrons. The summed E-state index contributed by atoms with van der Waals surface area (Å²) in [4.78, 5) is 16.8. The first-order chi connectivity index (χ1) is 15.7. The Morgan fingerprint density at radius 2 is 1.75 bits per heavy atom. The van der Waals surface area contributed by atoms with Gasteiger partial charge in [0.15, 0.2) is 0 Å². The maximum absolute atomic E-state index is 12.4. The van der Waals surface area contributed by atoms with Crippen molar-refractivity contribution in [3.8, 4) is 5.75 Å². The fourth-order valence-electron chi connectivity index (χ4n) is 3.13. The number of amides is 1. The lowest BCUT2D eigenvalue weighted by Crippen LogP contribution is -2.18. The van der Waals surface area contributed by atoms with Crippen LogP contribution in [0.25, 0.3) is 17.0 Å². The van der Waals surface area contributed by atoms with Crippen LogP contribution in [0.5, 0.6) is 5.75 Å². The molecule has 4 rings (SSSR count). The number of ether oxygens (including phenoxy) is 1. The zero-order chi connectivity index (χ0) is 22.2. The Kier molecular flexibility index (Phi) is 6.68. The van der Waals surface area contributed by atoms with Crippen molar-refractivity contribution in [3.05, 3.63) is 114 Å². The topological polar surface area (TPSA) is 63.6 Å². The van der Waals surface area contributed by atoms with Gasteiger partial charge in [0, 0.05) is 17.1 Å². The van der Waals surface area contributed by atoms with E-state index in [0.717, 1.165) is 27.8 Å². The third-order valence-electron chi connectivity index (χ3n) is 4.86. The molecule has 4 aromatic rings. The number of aromatic nitrogens is 1. The number of carbonyl (C=O) groups excluding carboxylic acids is 1. The second-order valence-corrected chi connectivity index (χ2v) is 7.25. The van der Waals surface area contributed by atoms with Crippen molar-refractivity contribution in [2.24, 2.45) is 5.10 Å². The van der Waals surface area contributed by atoms with E-state index in [9.17, 15) is 4.79 Å². The van der Waals surface area contributed by atoms with E-state index in [2.05, 4.69) is 15.5 Å². The molecule has 5 heteroatoms. The average molecular weight is 422 g/mol. The molecule has 0 saturated carbocycles. The summed E-state index contributed by atoms with van der Waals surface area (Å²) in [5, 5.41) is 5.18. The highest BCUT2D eigenvalue weighted by molar-refractivity contribution is 5.99. The van der Waals surface area contributed by atoms with Gasteiger partial charge >= 0.3 is 0 Å². The Bertz CT molecular complexity index is 1260. The molecule has 0 aliphatic rings. The summed E-state index contributed by atoms with van der Waals surface area (Å²) < 4.78 is 5.96. The molecule has 0 bridgehead atoms. The summed E-state index contributed by atoms with van der Waals surface area (Å²) in [5.74, 6) is 0.474. The summed E-state index contributed by atoms with van der Waals surface area (Å²) in [6.45, 7) is 2.22. The van der Waals surface area contributed by atoms with Crippen molar-refractivity contribution in [1.29, 1.82) is 0 Å². The number of hydrazone groups is 1. The number of pyridine rings is 1. The minimum Gasteiger partial charge on any atom is -0.487 e. The molecule has 5 nitrogen and oxygen atoms in total. The van der Waals surface area contributed by atoms with E-state index >= 15 is 0 Å². The molecular formula is C27H23N3O2. The molecule has 158 valence electrons. The summed E-state index contributed by atoms with van der Waals surface area (Å²) >= 11 is 0. The second-order valence-electron chi connectivity index (χ2n) is 7.25. The number of carbonyl (C=O) groups is 1. The van der Waals surface area contributed by atoms with Gasteiger partial charge < -0.3 is 4.74 Å². The molecule has 0 spiro atoms. The van der Waals surface area contributed by atoms with Gasteiger partial charge in [-0.05, 0) is 48.4 Å². The highest BCUT2D eigenvalue weighted by Crippen LogP contribution is 2.23. The maximum atomic E-state index is 12.4. The fraction of sp³-hybridized carbons (Fsp3) is 0.0741. The lowest BCUT2D eigenvalue weighted by Gasteiger charge is -2.09. The van der Waals surface area contributed by atoms with Crippen LogP contribution < -0.4 is 10.2 Å². The molecule has 32 heavy (non-hydrogen) atoms. The Hall–Kier alpha value is -4.25. The number of nitrogens with zero attached hydrogens (tertiary/aromatic N) is 2. The van der Waals surface area contributed by atoms with E-state index in [4.69, 9.17) is 4.74 Å². The standard InChI is InChI=1S/C27H23N3O2/c1-20(12-13-21-7-3-2-4-8-21)29-30-27(31)24-16-14-22(15-17-24)19-32-25-11-5-9-23-10-6-18-28-26(23)25/h2-18H,19H2,1H3,(H,30,31). The molecule has 0 aliphatic carbocycles. The van der Waals surface area contributed by atoms with E-state index in [-0.39, 0.29) is 5.91 Å². The van der Waals surface area contributed by atoms with Gasteiger partial charge in [0.1, 0.15) is 17.9 Å². The van der Waals surface area contributed by atoms with E-state index in [1.807, 2.05) is 91.9 Å². The molecule has 0 aliphatic heterocycles. The monoisotopic (exact) mass is 421 g/mol. The van der Waals surface area contributed by atoms with Gasteiger partial charge in [-0.1, -0.05) is 66.7 Å². The minimum atomic E-state index is -0.261. The molecule has 1 aromatic heterocycles. The fourth-order valence-corrected chi connectivity index (χ4v) is 3.13. The van der Waals surface area contributed by atoms with E-state index in [0.29, 0.717) is 17.9 Å². The number of hydrogen-bond donors (Lipinski definition) is 1. The zero-order valence-corrected chi connectivity index (χ0v) is 17.7. The van der Waals surface area contributed by atoms with Gasteiger partial charge in [0.2, 0.25) is 0 Å². The van der Waals surface area contributed by atoms with Crippen LogP contribution >= 0.6 is 0 Å². The van der Waals surface area contributed by atoms with Crippen LogP contribution in [0.1, 0.15) is 28.4 Å². The first kappa shape index (κ1) is 21.0. The Morgan fingerprint density at radius 3 is 2.56 bits per heavy atom. The summed E-state index contributed by atoms with van der Waals surface area (Å²) in [5.41, 5.74) is 6.69. The van der Waals surface area contributed by atoms with Crippen LogP contribution in [0, 0.1) is 0 Å². The van der Waals surface area contributed by atoms with Crippen molar-refractivity contribution < 1.29 is 9.53 Å². The number of allylic oxidation sites excluding steroid dienone is 1. The predicted molar refractivity (Wildman–Crippen MR) is 129 cm³/mol. The van der Waals surface area contributed by atoms with Crippen LogP contribution in [-0.2, 0) is 6.61 Å². The first-order valence-electron chi connectivity index (χ1n) is 10.3. The Morgan fingerprint density at radius 1 is 0.969 bits per heavy atom. The van der Waals surface area contributed by atoms with Crippen LogP contribution in [0.2, 0.25) is 0 Å². The van der Waals surface area contributed by atoms with Gasteiger partial charge in [0.05, 0.1) is 5.71 Å². The molecular weight excluding hydrogens is 398 g/mol. The number of hydrogen-bond acceptors (Lipinski definition) is 4. The average Bonchev–Trinajstić information content (AvgIpc) is 2.85. The minimum absolute atomic E-state index is 0.261. The number of para-hydroxylation sites is 1. The largest absolute Gasteiger partial charge is 0.487 e. The SMILES string of the molecule is CC(C=Cc1ccccc1)=NNC(=O)c1ccc(COc2cccc3cccnc23)cc1. The number of benzene rings is 3. The van der Waals surface area contributed by atoms with E-state index in [1.54, 1.807) is 18.3 Å². The van der Waals surface area contributed by atoms with Crippen molar-refractivity contribution in [2.45, 2.75) is 13.5 Å². The number of rotatable bonds is 7. The molecule has 1 N–H and O–H groups in total. The van der Waals surface area contributed by atoms with Crippen molar-refractivity contribution in [2.75, 3.05) is 0 Å². The first-order valence-corrected chi connectivity index (χ1v) is 10.3. The molecule has 0 fully saturated rings. The van der Waals surface area contributed by atoms with Crippen LogP contribution in [0.3, 0.4) is 0 Å². The van der Waals surface area contributed by atoms with Crippen LogP contribution in [0.4, 0.5) is 0 Å². The summed E-state index contributed by atoms with van der Waals surface area (Å²) in [6.07, 6.45) is 5.56. The molecule has 0 atom stereocenters. The molecule has 0 unspecified atom stereocenters. The normalized spacial score (nSPS) is 11.6. The zero-order valence-electron chi connectivity index (χ0n) is 17.7. The Balaban J connectivity index is 1.33. The highest BCUT2D eigenvalue weighted by Gasteiger charge is 2.06. The van der Waals surface area contributed by atoms with Gasteiger partial charge in [0.25, 0.3) is 5.91 Å². The van der Waals surface area contributed by atoms with Gasteiger partial charge in [-0.15, -0.1) is 0 Å². The quantitative estimate of drug-likeness (QED) is 0.311. The smallest absolute Gasteiger partial charge is 0.271 e. The molecule has 3 aromatic carbocycles. The van der Waals surface area contributed by atoms with E-state index in [1.165, 1.54) is 0 Å². The third-order valence-corrected chi connectivity index (χ3v) is 4.86. The van der Waals surface area contributed by atoms with Crippen molar-refractivity contribution >= 4 is 28.6 Å². The second kappa shape index (κ2) is 10.2. The number of fused-ring (bicyclic) bond motifs is 1. The van der Waals surface area contributed by atoms with Gasteiger partial charge in [-0.3, -0.25) is 9.78 Å². The van der Waals surface area contributed by atoms with Crippen LogP contribution in [-0.4, -0.2) is 16.6 Å². The highest BCUT2D eigenvalue weighted by atomic mass is 16.5. The molecule has 1 heterocycles. The summed E-state index contributed by atoms with van der Waals surface area (Å²) in [6, 6.07) is 27.0. The maximum Gasteiger partial charge on any atom is 0.271 e. The van der Waals surface area contributed by atoms with Crippen LogP contribution in [0.15, 0.2) is 102 Å². The lowest BCUT2D eigenvalue weighted by atomic mass is 10.1. The third kappa shape index (κ3) is 5.46. The molecule has 0 saturated heterocycles. The van der Waals surface area contributed by atoms with Crippen molar-refractivity contribution in [3.63, 3.8) is 0 Å². The Labute approximate surface area is 187 Å². The van der Waals surface area contributed by atoms with Gasteiger partial charge in [-0.25, -0.2) is 5.43 Å². The predicted octanol–water partition coefficient (Wildman–Crippen LogP) is 5.63. The summed E-state index contributed by atoms with van der Waals surface area (Å²) in [7, 11) is 0.